The molecule has 0 aliphatic heterocycles. The molecule has 5 heteroatoms. The molecule has 0 radical (unpaired) electrons. The van der Waals surface area contributed by atoms with Crippen molar-refractivity contribution < 1.29 is 24.3 Å². The van der Waals surface area contributed by atoms with E-state index in [1.165, 1.54) is 14.2 Å². The third kappa shape index (κ3) is 2.95. The number of hydrogen-bond donors (Lipinski definition) is 1. The monoisotopic (exact) mass is 239 g/mol. The summed E-state index contributed by atoms with van der Waals surface area (Å²) in [6, 6.07) is 5.31. The van der Waals surface area contributed by atoms with Crippen LogP contribution in [0.15, 0.2) is 18.2 Å². The molecule has 5 nitrogen and oxygen atoms in total. The number of esters is 1. The predicted octanol–water partition coefficient (Wildman–Crippen LogP) is 0.542. The number of carbonyl (C=O) groups excluding carboxylic acids is 1. The van der Waals surface area contributed by atoms with Gasteiger partial charge in [-0.15, -0.1) is 7.05 Å². The lowest BCUT2D eigenvalue weighted by molar-refractivity contribution is -0.505. The molecule has 1 rings (SSSR count). The Hall–Kier alpha value is -1.59. The molecule has 1 atom stereocenters. The smallest absolute Gasteiger partial charge is 0.339 e. The van der Waals surface area contributed by atoms with Gasteiger partial charge in [0.2, 0.25) is 0 Å². The maximum absolute atomic E-state index is 11.5. The van der Waals surface area contributed by atoms with Gasteiger partial charge in [-0.05, 0) is 11.6 Å². The second kappa shape index (κ2) is 6.22. The first-order valence-electron chi connectivity index (χ1n) is 5.09. The molecule has 0 heterocycles. The van der Waals surface area contributed by atoms with Crippen molar-refractivity contribution in [3.63, 3.8) is 0 Å². The maximum atomic E-state index is 11.5. The normalized spacial score (nSPS) is 12.0. The quantitative estimate of drug-likeness (QED) is 0.463. The van der Waals surface area contributed by atoms with Crippen LogP contribution in [0.4, 0.5) is 5.69 Å². The molecule has 0 aromatic heterocycles. The van der Waals surface area contributed by atoms with E-state index in [0.29, 0.717) is 11.3 Å². The average molecular weight is 239 g/mol. The third-order valence-electron chi connectivity index (χ3n) is 2.43. The summed E-state index contributed by atoms with van der Waals surface area (Å²) in [4.78, 5) is 11.5. The molecule has 0 bridgehead atoms. The Morgan fingerprint density at radius 1 is 1.35 bits per heavy atom. The highest BCUT2D eigenvalue weighted by Gasteiger charge is 2.22. The second-order valence-corrected chi connectivity index (χ2v) is 3.34. The predicted molar refractivity (Wildman–Crippen MR) is 61.7 cm³/mol. The highest BCUT2D eigenvalue weighted by molar-refractivity contribution is 5.77. The van der Waals surface area contributed by atoms with E-state index in [0.717, 1.165) is 5.69 Å². The van der Waals surface area contributed by atoms with E-state index in [1.807, 2.05) is 0 Å². The van der Waals surface area contributed by atoms with E-state index in [2.05, 4.69) is 11.8 Å². The lowest BCUT2D eigenvalue weighted by atomic mass is 10.1. The Morgan fingerprint density at radius 2 is 2.06 bits per heavy atom. The molecule has 0 spiro atoms. The van der Waals surface area contributed by atoms with Crippen LogP contribution in [0.5, 0.6) is 5.75 Å². The van der Waals surface area contributed by atoms with Crippen molar-refractivity contribution in [2.24, 2.45) is 0 Å². The van der Waals surface area contributed by atoms with Gasteiger partial charge in [-0.1, -0.05) is 6.07 Å². The zero-order valence-electron chi connectivity index (χ0n) is 10.2. The molecule has 0 aliphatic rings. The Labute approximate surface area is 101 Å². The first-order valence-corrected chi connectivity index (χ1v) is 5.09. The Morgan fingerprint density at radius 3 is 2.53 bits per heavy atom. The van der Waals surface area contributed by atoms with E-state index >= 15 is 0 Å². The van der Waals surface area contributed by atoms with Crippen LogP contribution in [0, 0.1) is 7.05 Å². The van der Waals surface area contributed by atoms with Crippen LogP contribution in [-0.4, -0.2) is 27.3 Å². The van der Waals surface area contributed by atoms with Gasteiger partial charge in [0.25, 0.3) is 0 Å². The Kier molecular flexibility index (Phi) is 4.93. The van der Waals surface area contributed by atoms with Crippen LogP contribution in [0.25, 0.3) is 0 Å². The van der Waals surface area contributed by atoms with Crippen LogP contribution in [0.2, 0.25) is 0 Å². The van der Waals surface area contributed by atoms with Crippen molar-refractivity contribution in [2.45, 2.75) is 6.10 Å². The number of carbonyl (C=O) groups is 1. The fourth-order valence-electron chi connectivity index (χ4n) is 1.55. The fraction of sp³-hybridized carbons (Fsp3) is 0.333. The van der Waals surface area contributed by atoms with Crippen LogP contribution < -0.4 is 10.1 Å². The van der Waals surface area contributed by atoms with Gasteiger partial charge in [-0.25, -0.2) is 4.79 Å². The zero-order chi connectivity index (χ0) is 12.8. The second-order valence-electron chi connectivity index (χ2n) is 3.34. The van der Waals surface area contributed by atoms with Crippen LogP contribution in [0.3, 0.4) is 0 Å². The van der Waals surface area contributed by atoms with Crippen LogP contribution in [-0.2, 0) is 14.3 Å². The Bertz CT molecular complexity index is 392. The first kappa shape index (κ1) is 13.5. The number of nitrogens with two attached hydrogens (primary N) is 1. The van der Waals surface area contributed by atoms with Gasteiger partial charge in [-0.3, -0.25) is 0 Å². The Balaban J connectivity index is 3.09. The van der Waals surface area contributed by atoms with E-state index < -0.39 is 12.1 Å². The fourth-order valence-corrected chi connectivity index (χ4v) is 1.55. The number of methoxy groups -OCH3 is 3. The molecule has 0 amide bonds. The summed E-state index contributed by atoms with van der Waals surface area (Å²) in [5, 5.41) is 1.66. The van der Waals surface area contributed by atoms with Gasteiger partial charge in [0, 0.05) is 13.2 Å². The standard InChI is InChI=1S/C12H17NO4/c1-13-9-7-8(5-6-10(9)15-2)11(16-3)12(14)17-4/h5-7,11H,1,13H2,2-4H3. The van der Waals surface area contributed by atoms with Crippen molar-refractivity contribution in [3.05, 3.63) is 30.8 Å². The third-order valence-corrected chi connectivity index (χ3v) is 2.43. The molecule has 17 heavy (non-hydrogen) atoms. The lowest BCUT2D eigenvalue weighted by Gasteiger charge is -2.15. The molecular weight excluding hydrogens is 222 g/mol. The van der Waals surface area contributed by atoms with E-state index in [4.69, 9.17) is 9.47 Å². The average Bonchev–Trinajstić information content (AvgIpc) is 2.38. The first-order chi connectivity index (χ1) is 8.17. The highest BCUT2D eigenvalue weighted by atomic mass is 16.6. The lowest BCUT2D eigenvalue weighted by Crippen LogP contribution is -2.69. The van der Waals surface area contributed by atoms with Crippen molar-refractivity contribution in [2.75, 3.05) is 21.3 Å². The number of quaternary nitrogens is 1. The molecule has 0 aliphatic carbocycles. The topological polar surface area (TPSA) is 61.4 Å². The van der Waals surface area contributed by atoms with E-state index in [1.54, 1.807) is 30.6 Å². The molecule has 94 valence electrons. The molecule has 1 aromatic carbocycles. The molecule has 0 saturated carbocycles. The van der Waals surface area contributed by atoms with Gasteiger partial charge in [-0.2, -0.15) is 0 Å². The molecular formula is C12H17NO4. The van der Waals surface area contributed by atoms with E-state index in [-0.39, 0.29) is 0 Å². The minimum atomic E-state index is -0.732. The molecule has 0 fully saturated rings. The summed E-state index contributed by atoms with van der Waals surface area (Å²) in [6.45, 7) is 0. The number of hydrogen-bond acceptors (Lipinski definition) is 4. The summed E-state index contributed by atoms with van der Waals surface area (Å²) in [7, 11) is 8.06. The van der Waals surface area contributed by atoms with Gasteiger partial charge in [0.05, 0.1) is 14.2 Å². The van der Waals surface area contributed by atoms with Crippen molar-refractivity contribution >= 4 is 11.7 Å². The van der Waals surface area contributed by atoms with Crippen molar-refractivity contribution in [3.8, 4) is 5.75 Å². The van der Waals surface area contributed by atoms with Gasteiger partial charge in [0.15, 0.2) is 11.9 Å². The molecule has 1 aromatic rings. The number of ether oxygens (including phenoxy) is 3. The minimum Gasteiger partial charge on any atom is -0.491 e. The molecule has 2 N–H and O–H groups in total. The molecule has 0 saturated heterocycles. The van der Waals surface area contributed by atoms with E-state index in [9.17, 15) is 4.79 Å². The van der Waals surface area contributed by atoms with Gasteiger partial charge >= 0.3 is 5.97 Å². The largest absolute Gasteiger partial charge is 0.491 e. The molecule has 1 unspecified atom stereocenters. The maximum Gasteiger partial charge on any atom is 0.339 e. The number of benzene rings is 1. The number of rotatable bonds is 5. The zero-order valence-corrected chi connectivity index (χ0v) is 10.2. The van der Waals surface area contributed by atoms with Crippen LogP contribution >= 0.6 is 0 Å². The minimum absolute atomic E-state index is 0.437. The van der Waals surface area contributed by atoms with Crippen molar-refractivity contribution in [1.29, 1.82) is 0 Å². The summed E-state index contributed by atoms with van der Waals surface area (Å²) in [6.07, 6.45) is -0.732. The highest BCUT2D eigenvalue weighted by Crippen LogP contribution is 2.26. The SMILES string of the molecule is [CH2-][NH2+]c1cc(C(OC)C(=O)OC)ccc1OC. The summed E-state index contributed by atoms with van der Waals surface area (Å²) < 4.78 is 14.9. The van der Waals surface area contributed by atoms with Crippen LogP contribution in [0.1, 0.15) is 11.7 Å². The summed E-state index contributed by atoms with van der Waals surface area (Å²) in [5.41, 5.74) is 1.51. The van der Waals surface area contributed by atoms with Gasteiger partial charge in [0.1, 0.15) is 5.69 Å². The summed E-state index contributed by atoms with van der Waals surface area (Å²) >= 11 is 0. The van der Waals surface area contributed by atoms with Gasteiger partial charge < -0.3 is 19.5 Å². The summed E-state index contributed by atoms with van der Waals surface area (Å²) in [5.74, 6) is 0.260. The van der Waals surface area contributed by atoms with Crippen molar-refractivity contribution in [1.82, 2.24) is 0 Å².